The molecular weight excluding hydrogens is 228 g/mol. The van der Waals surface area contributed by atoms with Crippen molar-refractivity contribution in [3.8, 4) is 0 Å². The molecule has 1 aromatic carbocycles. The number of benzene rings is 1. The molecule has 0 spiro atoms. The van der Waals surface area contributed by atoms with Crippen molar-refractivity contribution in [2.45, 2.75) is 19.3 Å². The number of hydrogen-bond donors (Lipinski definition) is 1. The molecule has 1 aromatic heterocycles. The summed E-state index contributed by atoms with van der Waals surface area (Å²) in [4.78, 5) is 13.5. The largest absolute Gasteiger partial charge is 0.304 e. The molecule has 1 amide bonds. The number of hydrogen-bond acceptors (Lipinski definition) is 3. The summed E-state index contributed by atoms with van der Waals surface area (Å²) < 4.78 is 0. The SMILES string of the molecule is Cn1ncc(NC(=O)c2ccc3c(c2)CCC3)n1. The van der Waals surface area contributed by atoms with Crippen LogP contribution in [0.25, 0.3) is 0 Å². The maximum atomic E-state index is 12.0. The zero-order valence-electron chi connectivity index (χ0n) is 10.2. The quantitative estimate of drug-likeness (QED) is 0.869. The maximum Gasteiger partial charge on any atom is 0.256 e. The summed E-state index contributed by atoms with van der Waals surface area (Å²) >= 11 is 0. The van der Waals surface area contributed by atoms with E-state index in [0.29, 0.717) is 11.4 Å². The first-order valence-corrected chi connectivity index (χ1v) is 6.02. The second-order valence-electron chi connectivity index (χ2n) is 4.51. The van der Waals surface area contributed by atoms with E-state index in [0.717, 1.165) is 12.8 Å². The minimum absolute atomic E-state index is 0.134. The van der Waals surface area contributed by atoms with Gasteiger partial charge in [-0.2, -0.15) is 9.90 Å². The lowest BCUT2D eigenvalue weighted by Crippen LogP contribution is -2.12. The van der Waals surface area contributed by atoms with Crippen LogP contribution < -0.4 is 5.32 Å². The number of carbonyl (C=O) groups excluding carboxylic acids is 1. The number of aryl methyl sites for hydroxylation is 3. The summed E-state index contributed by atoms with van der Waals surface area (Å²) in [5, 5.41) is 10.7. The standard InChI is InChI=1S/C13H14N4O/c1-17-14-8-12(16-17)15-13(18)11-6-5-9-3-2-4-10(9)7-11/h5-8H,2-4H2,1H3,(H,15,16,18). The lowest BCUT2D eigenvalue weighted by Gasteiger charge is -2.04. The first-order chi connectivity index (χ1) is 8.72. The molecule has 0 fully saturated rings. The number of fused-ring (bicyclic) bond motifs is 1. The smallest absolute Gasteiger partial charge is 0.256 e. The molecule has 0 unspecified atom stereocenters. The summed E-state index contributed by atoms with van der Waals surface area (Å²) in [5.74, 6) is 0.341. The van der Waals surface area contributed by atoms with Gasteiger partial charge in [0.1, 0.15) is 0 Å². The average Bonchev–Trinajstić information content (AvgIpc) is 2.96. The third kappa shape index (κ3) is 1.99. The Labute approximate surface area is 105 Å². The van der Waals surface area contributed by atoms with Crippen molar-refractivity contribution < 1.29 is 4.79 Å². The maximum absolute atomic E-state index is 12.0. The molecule has 0 saturated heterocycles. The number of amides is 1. The molecular formula is C13H14N4O. The Bertz CT molecular complexity index is 603. The molecule has 1 heterocycles. The highest BCUT2D eigenvalue weighted by molar-refractivity contribution is 6.03. The summed E-state index contributed by atoms with van der Waals surface area (Å²) in [7, 11) is 1.71. The van der Waals surface area contributed by atoms with Gasteiger partial charge in [-0.1, -0.05) is 6.07 Å². The fourth-order valence-electron chi connectivity index (χ4n) is 2.30. The van der Waals surface area contributed by atoms with Crippen molar-refractivity contribution in [2.24, 2.45) is 7.05 Å². The first-order valence-electron chi connectivity index (χ1n) is 6.02. The molecule has 0 bridgehead atoms. The van der Waals surface area contributed by atoms with E-state index in [2.05, 4.69) is 15.5 Å². The lowest BCUT2D eigenvalue weighted by molar-refractivity contribution is 0.102. The summed E-state index contributed by atoms with van der Waals surface area (Å²) in [6.07, 6.45) is 4.92. The monoisotopic (exact) mass is 242 g/mol. The van der Waals surface area contributed by atoms with Crippen molar-refractivity contribution in [2.75, 3.05) is 5.32 Å². The van der Waals surface area contributed by atoms with E-state index < -0.39 is 0 Å². The van der Waals surface area contributed by atoms with Gasteiger partial charge < -0.3 is 5.32 Å². The van der Waals surface area contributed by atoms with Crippen LogP contribution >= 0.6 is 0 Å². The Morgan fingerprint density at radius 3 is 2.94 bits per heavy atom. The van der Waals surface area contributed by atoms with Gasteiger partial charge in [-0.15, -0.1) is 5.10 Å². The molecule has 5 nitrogen and oxygen atoms in total. The molecule has 18 heavy (non-hydrogen) atoms. The Balaban J connectivity index is 1.80. The zero-order valence-corrected chi connectivity index (χ0v) is 10.2. The van der Waals surface area contributed by atoms with Crippen molar-refractivity contribution in [1.29, 1.82) is 0 Å². The van der Waals surface area contributed by atoms with E-state index in [1.807, 2.05) is 18.2 Å². The van der Waals surface area contributed by atoms with E-state index in [1.165, 1.54) is 28.5 Å². The molecule has 1 N–H and O–H groups in total. The van der Waals surface area contributed by atoms with Gasteiger partial charge in [0.25, 0.3) is 5.91 Å². The molecule has 0 saturated carbocycles. The third-order valence-electron chi connectivity index (χ3n) is 3.20. The lowest BCUT2D eigenvalue weighted by atomic mass is 10.1. The van der Waals surface area contributed by atoms with Gasteiger partial charge in [0.2, 0.25) is 0 Å². The van der Waals surface area contributed by atoms with E-state index in [1.54, 1.807) is 7.05 Å². The summed E-state index contributed by atoms with van der Waals surface area (Å²) in [6, 6.07) is 5.90. The topological polar surface area (TPSA) is 59.8 Å². The molecule has 1 aliphatic rings. The Morgan fingerprint density at radius 2 is 2.17 bits per heavy atom. The molecule has 1 aliphatic carbocycles. The van der Waals surface area contributed by atoms with Crippen LogP contribution in [0.15, 0.2) is 24.4 Å². The second-order valence-corrected chi connectivity index (χ2v) is 4.51. The number of anilines is 1. The molecule has 0 radical (unpaired) electrons. The highest BCUT2D eigenvalue weighted by Crippen LogP contribution is 2.23. The van der Waals surface area contributed by atoms with Gasteiger partial charge in [-0.05, 0) is 42.5 Å². The van der Waals surface area contributed by atoms with Crippen molar-refractivity contribution in [3.63, 3.8) is 0 Å². The van der Waals surface area contributed by atoms with Gasteiger partial charge in [-0.25, -0.2) is 0 Å². The van der Waals surface area contributed by atoms with Gasteiger partial charge in [0.15, 0.2) is 5.82 Å². The predicted molar refractivity (Wildman–Crippen MR) is 67.4 cm³/mol. The highest BCUT2D eigenvalue weighted by atomic mass is 16.1. The number of carbonyl (C=O) groups is 1. The van der Waals surface area contributed by atoms with Gasteiger partial charge in [0.05, 0.1) is 6.20 Å². The van der Waals surface area contributed by atoms with Gasteiger partial charge >= 0.3 is 0 Å². The second kappa shape index (κ2) is 4.25. The van der Waals surface area contributed by atoms with Crippen molar-refractivity contribution in [3.05, 3.63) is 41.1 Å². The minimum Gasteiger partial charge on any atom is -0.304 e. The van der Waals surface area contributed by atoms with Gasteiger partial charge in [0, 0.05) is 12.6 Å². The van der Waals surface area contributed by atoms with Crippen LogP contribution in [0.2, 0.25) is 0 Å². The minimum atomic E-state index is -0.134. The summed E-state index contributed by atoms with van der Waals surface area (Å²) in [6.45, 7) is 0. The van der Waals surface area contributed by atoms with Crippen LogP contribution in [-0.2, 0) is 19.9 Å². The first kappa shape index (κ1) is 11.0. The van der Waals surface area contributed by atoms with Crippen LogP contribution in [0.4, 0.5) is 5.82 Å². The molecule has 2 aromatic rings. The fraction of sp³-hybridized carbons (Fsp3) is 0.308. The Hall–Kier alpha value is -2.17. The predicted octanol–water partition coefficient (Wildman–Crippen LogP) is 1.56. The molecule has 3 rings (SSSR count). The van der Waals surface area contributed by atoms with E-state index >= 15 is 0 Å². The molecule has 92 valence electrons. The summed E-state index contributed by atoms with van der Waals surface area (Å²) in [5.41, 5.74) is 3.34. The van der Waals surface area contributed by atoms with Crippen LogP contribution in [0, 0.1) is 0 Å². The van der Waals surface area contributed by atoms with Crippen molar-refractivity contribution in [1.82, 2.24) is 15.0 Å². The zero-order chi connectivity index (χ0) is 12.5. The van der Waals surface area contributed by atoms with E-state index in [-0.39, 0.29) is 5.91 Å². The molecule has 0 atom stereocenters. The van der Waals surface area contributed by atoms with Gasteiger partial charge in [-0.3, -0.25) is 4.79 Å². The molecule has 0 aliphatic heterocycles. The average molecular weight is 242 g/mol. The van der Waals surface area contributed by atoms with Crippen LogP contribution in [0.1, 0.15) is 27.9 Å². The number of nitrogens with zero attached hydrogens (tertiary/aromatic N) is 3. The van der Waals surface area contributed by atoms with E-state index in [9.17, 15) is 4.79 Å². The Morgan fingerprint density at radius 1 is 1.33 bits per heavy atom. The number of rotatable bonds is 2. The fourth-order valence-corrected chi connectivity index (χ4v) is 2.30. The normalized spacial score (nSPS) is 13.4. The third-order valence-corrected chi connectivity index (χ3v) is 3.20. The highest BCUT2D eigenvalue weighted by Gasteiger charge is 2.14. The van der Waals surface area contributed by atoms with Crippen molar-refractivity contribution >= 4 is 11.7 Å². The number of aromatic nitrogens is 3. The van der Waals surface area contributed by atoms with Crippen LogP contribution in [-0.4, -0.2) is 20.9 Å². The van der Waals surface area contributed by atoms with E-state index in [4.69, 9.17) is 0 Å². The van der Waals surface area contributed by atoms with Crippen LogP contribution in [0.5, 0.6) is 0 Å². The Kier molecular flexibility index (Phi) is 2.59. The number of nitrogens with one attached hydrogen (secondary N) is 1. The molecule has 5 heteroatoms. The van der Waals surface area contributed by atoms with Crippen LogP contribution in [0.3, 0.4) is 0 Å².